The van der Waals surface area contributed by atoms with E-state index in [0.29, 0.717) is 4.75 Å². The van der Waals surface area contributed by atoms with E-state index >= 15 is 0 Å². The van der Waals surface area contributed by atoms with Gasteiger partial charge in [-0.25, -0.2) is 0 Å². The third-order valence-corrected chi connectivity index (χ3v) is 3.55. The summed E-state index contributed by atoms with van der Waals surface area (Å²) in [5.41, 5.74) is 1.28. The third-order valence-electron chi connectivity index (χ3n) is 2.30. The van der Waals surface area contributed by atoms with Crippen molar-refractivity contribution in [3.63, 3.8) is 0 Å². The second-order valence-corrected chi connectivity index (χ2v) is 7.17. The summed E-state index contributed by atoms with van der Waals surface area (Å²) >= 11 is 1.98. The largest absolute Gasteiger partial charge is 0.313 e. The van der Waals surface area contributed by atoms with Gasteiger partial charge in [0.25, 0.3) is 0 Å². The molecule has 0 unspecified atom stereocenters. The van der Waals surface area contributed by atoms with Gasteiger partial charge in [0, 0.05) is 35.3 Å². The second kappa shape index (κ2) is 7.07. The fourth-order valence-corrected chi connectivity index (χ4v) is 2.37. The van der Waals surface area contributed by atoms with Crippen molar-refractivity contribution in [2.24, 2.45) is 0 Å². The standard InChI is InChI=1S/C13H25N3S/c1-5-6-14-9-12-10-15-16(11-12)7-8-17-13(2,3)4/h10-11,14H,5-9H2,1-4H3. The molecule has 1 rings (SSSR count). The topological polar surface area (TPSA) is 29.9 Å². The van der Waals surface area contributed by atoms with Crippen LogP contribution in [0.2, 0.25) is 0 Å². The first-order valence-corrected chi connectivity index (χ1v) is 7.36. The van der Waals surface area contributed by atoms with Crippen LogP contribution in [-0.2, 0) is 13.1 Å². The minimum absolute atomic E-state index is 0.346. The molecule has 3 nitrogen and oxygen atoms in total. The highest BCUT2D eigenvalue weighted by atomic mass is 32.2. The summed E-state index contributed by atoms with van der Waals surface area (Å²) in [6, 6.07) is 0. The van der Waals surface area contributed by atoms with Crippen molar-refractivity contribution in [3.8, 4) is 0 Å². The van der Waals surface area contributed by atoms with Gasteiger partial charge in [-0.3, -0.25) is 4.68 Å². The highest BCUT2D eigenvalue weighted by Gasteiger charge is 2.09. The Morgan fingerprint density at radius 2 is 2.18 bits per heavy atom. The molecule has 1 N–H and O–H groups in total. The van der Waals surface area contributed by atoms with Gasteiger partial charge in [-0.05, 0) is 13.0 Å². The molecule has 1 aromatic heterocycles. The lowest BCUT2D eigenvalue weighted by Gasteiger charge is -2.17. The molecule has 0 fully saturated rings. The van der Waals surface area contributed by atoms with Gasteiger partial charge in [-0.2, -0.15) is 16.9 Å². The minimum Gasteiger partial charge on any atom is -0.313 e. The minimum atomic E-state index is 0.346. The lowest BCUT2D eigenvalue weighted by atomic mass is 10.3. The van der Waals surface area contributed by atoms with Gasteiger partial charge < -0.3 is 5.32 Å². The van der Waals surface area contributed by atoms with Crippen LogP contribution in [0.4, 0.5) is 0 Å². The first-order chi connectivity index (χ1) is 8.01. The molecule has 0 radical (unpaired) electrons. The summed E-state index contributed by atoms with van der Waals surface area (Å²) in [7, 11) is 0. The molecule has 0 aromatic carbocycles. The van der Waals surface area contributed by atoms with Crippen molar-refractivity contribution in [2.75, 3.05) is 12.3 Å². The van der Waals surface area contributed by atoms with E-state index in [0.717, 1.165) is 25.4 Å². The molecule has 0 spiro atoms. The van der Waals surface area contributed by atoms with Crippen molar-refractivity contribution < 1.29 is 0 Å². The summed E-state index contributed by atoms with van der Waals surface area (Å²) in [4.78, 5) is 0. The normalized spacial score (nSPS) is 12.0. The van der Waals surface area contributed by atoms with E-state index in [2.05, 4.69) is 44.3 Å². The first kappa shape index (κ1) is 14.6. The molecule has 1 heterocycles. The Morgan fingerprint density at radius 3 is 2.82 bits per heavy atom. The number of aryl methyl sites for hydroxylation is 1. The summed E-state index contributed by atoms with van der Waals surface area (Å²) < 4.78 is 2.39. The molecule has 1 aromatic rings. The van der Waals surface area contributed by atoms with Gasteiger partial charge in [0.15, 0.2) is 0 Å². The van der Waals surface area contributed by atoms with E-state index in [1.165, 1.54) is 12.0 Å². The van der Waals surface area contributed by atoms with Crippen molar-refractivity contribution >= 4 is 11.8 Å². The van der Waals surface area contributed by atoms with Crippen LogP contribution in [0.25, 0.3) is 0 Å². The molecule has 0 aliphatic rings. The van der Waals surface area contributed by atoms with Crippen molar-refractivity contribution in [2.45, 2.75) is 52.0 Å². The predicted molar refractivity (Wildman–Crippen MR) is 76.4 cm³/mol. The molecule has 0 aliphatic heterocycles. The summed E-state index contributed by atoms with van der Waals surface area (Å²) in [5, 5.41) is 7.76. The van der Waals surface area contributed by atoms with E-state index in [1.54, 1.807) is 0 Å². The second-order valence-electron chi connectivity index (χ2n) is 5.25. The Hall–Kier alpha value is -0.480. The van der Waals surface area contributed by atoms with Gasteiger partial charge in [0.2, 0.25) is 0 Å². The van der Waals surface area contributed by atoms with Crippen molar-refractivity contribution in [1.29, 1.82) is 0 Å². The average molecular weight is 255 g/mol. The summed E-state index contributed by atoms with van der Waals surface area (Å²) in [5.74, 6) is 1.12. The Bertz CT molecular complexity index is 315. The van der Waals surface area contributed by atoms with Crippen LogP contribution in [0.3, 0.4) is 0 Å². The number of rotatable bonds is 7. The van der Waals surface area contributed by atoms with Crippen LogP contribution in [0, 0.1) is 0 Å². The number of nitrogens with one attached hydrogen (secondary N) is 1. The third kappa shape index (κ3) is 6.74. The average Bonchev–Trinajstić information content (AvgIpc) is 2.64. The SMILES string of the molecule is CCCNCc1cnn(CCSC(C)(C)C)c1. The zero-order valence-electron chi connectivity index (χ0n) is 11.5. The molecule has 98 valence electrons. The zero-order chi connectivity index (χ0) is 12.7. The first-order valence-electron chi connectivity index (χ1n) is 6.37. The van der Waals surface area contributed by atoms with E-state index < -0.39 is 0 Å². The molecule has 0 atom stereocenters. The van der Waals surface area contributed by atoms with Crippen LogP contribution in [0.5, 0.6) is 0 Å². The lowest BCUT2D eigenvalue weighted by Crippen LogP contribution is -2.13. The quantitative estimate of drug-likeness (QED) is 0.760. The number of aromatic nitrogens is 2. The molecule has 0 aliphatic carbocycles. The number of thioether (sulfide) groups is 1. The maximum atomic E-state index is 4.38. The smallest absolute Gasteiger partial charge is 0.0534 e. The highest BCUT2D eigenvalue weighted by molar-refractivity contribution is 8.00. The fraction of sp³-hybridized carbons (Fsp3) is 0.769. The van der Waals surface area contributed by atoms with Crippen LogP contribution in [-0.4, -0.2) is 26.8 Å². The fourth-order valence-electron chi connectivity index (χ4n) is 1.47. The van der Waals surface area contributed by atoms with E-state index in [4.69, 9.17) is 0 Å². The van der Waals surface area contributed by atoms with Gasteiger partial charge in [0.05, 0.1) is 6.20 Å². The molecular weight excluding hydrogens is 230 g/mol. The van der Waals surface area contributed by atoms with Gasteiger partial charge in [0.1, 0.15) is 0 Å². The van der Waals surface area contributed by atoms with Crippen LogP contribution in [0.1, 0.15) is 39.7 Å². The maximum Gasteiger partial charge on any atom is 0.0534 e. The molecule has 4 heteroatoms. The van der Waals surface area contributed by atoms with Crippen LogP contribution < -0.4 is 5.32 Å². The molecule has 0 saturated heterocycles. The predicted octanol–water partition coefficient (Wildman–Crippen LogP) is 2.91. The number of hydrogen-bond acceptors (Lipinski definition) is 3. The van der Waals surface area contributed by atoms with Crippen molar-refractivity contribution in [1.82, 2.24) is 15.1 Å². The van der Waals surface area contributed by atoms with Crippen molar-refractivity contribution in [3.05, 3.63) is 18.0 Å². The molecule has 0 saturated carbocycles. The molecule has 17 heavy (non-hydrogen) atoms. The molecule has 0 bridgehead atoms. The Kier molecular flexibility index (Phi) is 6.06. The lowest BCUT2D eigenvalue weighted by molar-refractivity contribution is 0.656. The summed E-state index contributed by atoms with van der Waals surface area (Å²) in [6.07, 6.45) is 5.28. The maximum absolute atomic E-state index is 4.38. The number of nitrogens with zero attached hydrogens (tertiary/aromatic N) is 2. The Labute approximate surface area is 109 Å². The van der Waals surface area contributed by atoms with Gasteiger partial charge in [-0.1, -0.05) is 27.7 Å². The molecular formula is C13H25N3S. The van der Waals surface area contributed by atoms with Crippen LogP contribution >= 0.6 is 11.8 Å². The van der Waals surface area contributed by atoms with E-state index in [1.807, 2.05) is 22.6 Å². The van der Waals surface area contributed by atoms with E-state index in [-0.39, 0.29) is 0 Å². The van der Waals surface area contributed by atoms with Gasteiger partial charge >= 0.3 is 0 Å². The van der Waals surface area contributed by atoms with E-state index in [9.17, 15) is 0 Å². The number of hydrogen-bond donors (Lipinski definition) is 1. The molecule has 0 amide bonds. The Morgan fingerprint density at radius 1 is 1.41 bits per heavy atom. The van der Waals surface area contributed by atoms with Crippen LogP contribution in [0.15, 0.2) is 12.4 Å². The Balaban J connectivity index is 2.26. The zero-order valence-corrected chi connectivity index (χ0v) is 12.3. The highest BCUT2D eigenvalue weighted by Crippen LogP contribution is 2.22. The summed E-state index contributed by atoms with van der Waals surface area (Å²) in [6.45, 7) is 11.9. The monoisotopic (exact) mass is 255 g/mol. The van der Waals surface area contributed by atoms with Gasteiger partial charge in [-0.15, -0.1) is 0 Å².